The van der Waals surface area contributed by atoms with Crippen LogP contribution in [0.2, 0.25) is 0 Å². The fourth-order valence-corrected chi connectivity index (χ4v) is 3.43. The molecule has 0 aliphatic heterocycles. The summed E-state index contributed by atoms with van der Waals surface area (Å²) in [7, 11) is 4.44. The summed E-state index contributed by atoms with van der Waals surface area (Å²) in [6.07, 6.45) is 1.37. The first-order chi connectivity index (χ1) is 12.1. The van der Waals surface area contributed by atoms with E-state index in [0.29, 0.717) is 21.2 Å². The minimum absolute atomic E-state index is 0.339. The molecule has 0 spiro atoms. The van der Waals surface area contributed by atoms with Gasteiger partial charge in [-0.15, -0.1) is 5.10 Å². The van der Waals surface area contributed by atoms with Gasteiger partial charge in [-0.3, -0.25) is 0 Å². The summed E-state index contributed by atoms with van der Waals surface area (Å²) >= 11 is 1.35. The number of carbonyl (C=O) groups is 1. The summed E-state index contributed by atoms with van der Waals surface area (Å²) in [5, 5.41) is 4.54. The van der Waals surface area contributed by atoms with E-state index in [2.05, 4.69) is 10.1 Å². The van der Waals surface area contributed by atoms with Gasteiger partial charge < -0.3 is 14.2 Å². The topological polar surface area (TPSA) is 75.0 Å². The number of hydrogen-bond donors (Lipinski definition) is 0. The number of aromatic nitrogens is 3. The number of nitrogens with zero attached hydrogens (tertiary/aromatic N) is 3. The number of benzene rings is 1. The molecule has 0 radical (unpaired) electrons. The quantitative estimate of drug-likeness (QED) is 0.396. The molecule has 0 unspecified atom stereocenters. The Labute approximate surface area is 148 Å². The van der Waals surface area contributed by atoms with E-state index in [1.165, 1.54) is 31.8 Å². The number of fused-ring (bicyclic) bond motifs is 1. The molecule has 1 aromatic carbocycles. The minimum Gasteiger partial charge on any atom is -0.503 e. The average Bonchev–Trinajstić information content (AvgIpc) is 3.19. The first-order valence-electron chi connectivity index (χ1n) is 7.41. The molecule has 25 heavy (non-hydrogen) atoms. The highest BCUT2D eigenvalue weighted by Crippen LogP contribution is 2.31. The molecule has 0 fully saturated rings. The van der Waals surface area contributed by atoms with Crippen molar-refractivity contribution in [1.29, 1.82) is 0 Å². The van der Waals surface area contributed by atoms with Crippen LogP contribution in [-0.2, 0) is 14.3 Å². The van der Waals surface area contributed by atoms with Gasteiger partial charge in [-0.2, -0.15) is 4.98 Å². The van der Waals surface area contributed by atoms with E-state index in [0.717, 1.165) is 17.0 Å². The third-order valence-electron chi connectivity index (χ3n) is 3.65. The van der Waals surface area contributed by atoms with Crippen molar-refractivity contribution in [2.45, 2.75) is 6.92 Å². The molecule has 0 saturated carbocycles. The van der Waals surface area contributed by atoms with Crippen LogP contribution in [0.4, 0.5) is 0 Å². The Morgan fingerprint density at radius 1 is 1.20 bits per heavy atom. The zero-order chi connectivity index (χ0) is 18.0. The number of hydrogen-bond acceptors (Lipinski definition) is 7. The van der Waals surface area contributed by atoms with E-state index in [1.807, 2.05) is 31.2 Å². The molecule has 7 nitrogen and oxygen atoms in total. The highest BCUT2D eigenvalue weighted by molar-refractivity contribution is 7.18. The van der Waals surface area contributed by atoms with Crippen LogP contribution in [0.3, 0.4) is 0 Å². The summed E-state index contributed by atoms with van der Waals surface area (Å²) in [5.41, 5.74) is 2.02. The number of aryl methyl sites for hydroxylation is 1. The highest BCUT2D eigenvalue weighted by atomic mass is 32.1. The van der Waals surface area contributed by atoms with Crippen molar-refractivity contribution in [3.05, 3.63) is 41.1 Å². The number of esters is 1. The normalized spacial score (nSPS) is 11.6. The predicted octanol–water partition coefficient (Wildman–Crippen LogP) is 2.94. The summed E-state index contributed by atoms with van der Waals surface area (Å²) in [5.74, 6) is 0.916. The summed E-state index contributed by atoms with van der Waals surface area (Å²) < 4.78 is 16.7. The van der Waals surface area contributed by atoms with Gasteiger partial charge in [-0.1, -0.05) is 11.3 Å². The Kier molecular flexibility index (Phi) is 4.71. The predicted molar refractivity (Wildman–Crippen MR) is 94.6 cm³/mol. The van der Waals surface area contributed by atoms with Gasteiger partial charge in [-0.25, -0.2) is 9.31 Å². The third-order valence-corrected chi connectivity index (χ3v) is 4.82. The monoisotopic (exact) mass is 359 g/mol. The maximum absolute atomic E-state index is 12.0. The molecule has 0 amide bonds. The van der Waals surface area contributed by atoms with Crippen LogP contribution < -0.4 is 4.74 Å². The van der Waals surface area contributed by atoms with E-state index in [4.69, 9.17) is 14.2 Å². The maximum Gasteiger partial charge on any atom is 0.342 e. The lowest BCUT2D eigenvalue weighted by Crippen LogP contribution is -2.05. The number of thiazole rings is 1. The van der Waals surface area contributed by atoms with Crippen LogP contribution in [-0.4, -0.2) is 41.9 Å². The van der Waals surface area contributed by atoms with Crippen molar-refractivity contribution in [2.24, 2.45) is 0 Å². The van der Waals surface area contributed by atoms with Gasteiger partial charge in [-0.05, 0) is 31.2 Å². The second kappa shape index (κ2) is 6.94. The van der Waals surface area contributed by atoms with Gasteiger partial charge in [0, 0.05) is 5.56 Å². The molecular formula is C17H17N3O4S. The first-order valence-corrected chi connectivity index (χ1v) is 8.23. The molecule has 2 aromatic heterocycles. The average molecular weight is 359 g/mol. The van der Waals surface area contributed by atoms with Crippen molar-refractivity contribution in [3.8, 4) is 17.1 Å². The Bertz CT molecular complexity index is 941. The first kappa shape index (κ1) is 17.0. The molecule has 0 saturated heterocycles. The number of methoxy groups -OCH3 is 3. The van der Waals surface area contributed by atoms with Gasteiger partial charge >= 0.3 is 5.97 Å². The zero-order valence-electron chi connectivity index (χ0n) is 14.3. The zero-order valence-corrected chi connectivity index (χ0v) is 15.1. The van der Waals surface area contributed by atoms with Crippen LogP contribution in [0.25, 0.3) is 21.9 Å². The van der Waals surface area contributed by atoms with Crippen molar-refractivity contribution >= 4 is 27.8 Å². The molecule has 3 aromatic rings. The van der Waals surface area contributed by atoms with Crippen molar-refractivity contribution < 1.29 is 19.0 Å². The third kappa shape index (κ3) is 3.08. The van der Waals surface area contributed by atoms with Crippen molar-refractivity contribution in [3.63, 3.8) is 0 Å². The Morgan fingerprint density at radius 3 is 2.48 bits per heavy atom. The summed E-state index contributed by atoms with van der Waals surface area (Å²) in [4.78, 5) is 17.9. The van der Waals surface area contributed by atoms with Crippen LogP contribution in [0.1, 0.15) is 10.6 Å². The number of rotatable bonds is 5. The van der Waals surface area contributed by atoms with Gasteiger partial charge in [0.1, 0.15) is 11.3 Å². The van der Waals surface area contributed by atoms with Gasteiger partial charge in [0.15, 0.2) is 5.82 Å². The van der Waals surface area contributed by atoms with Crippen LogP contribution in [0.15, 0.2) is 30.5 Å². The molecule has 0 aliphatic carbocycles. The Morgan fingerprint density at radius 2 is 1.92 bits per heavy atom. The molecule has 8 heteroatoms. The van der Waals surface area contributed by atoms with Gasteiger partial charge in [0.25, 0.3) is 0 Å². The Hall–Kier alpha value is -2.87. The van der Waals surface area contributed by atoms with Crippen molar-refractivity contribution in [1.82, 2.24) is 14.6 Å². The van der Waals surface area contributed by atoms with E-state index >= 15 is 0 Å². The minimum atomic E-state index is -0.468. The maximum atomic E-state index is 12.0. The van der Waals surface area contributed by atoms with Gasteiger partial charge in [0.05, 0.1) is 38.2 Å². The molecule has 130 valence electrons. The number of carbonyl (C=O) groups excluding carboxylic acids is 1. The van der Waals surface area contributed by atoms with E-state index in [-0.39, 0.29) is 0 Å². The van der Waals surface area contributed by atoms with Gasteiger partial charge in [0.2, 0.25) is 4.96 Å². The van der Waals surface area contributed by atoms with E-state index in [1.54, 1.807) is 11.6 Å². The second-order valence-electron chi connectivity index (χ2n) is 5.13. The van der Waals surface area contributed by atoms with Crippen LogP contribution in [0.5, 0.6) is 5.75 Å². The largest absolute Gasteiger partial charge is 0.503 e. The molecule has 2 heterocycles. The smallest absolute Gasteiger partial charge is 0.342 e. The van der Waals surface area contributed by atoms with Crippen molar-refractivity contribution in [2.75, 3.05) is 21.3 Å². The molecule has 0 N–H and O–H groups in total. The molecule has 3 rings (SSSR count). The lowest BCUT2D eigenvalue weighted by atomic mass is 10.2. The molecule has 0 atom stereocenters. The van der Waals surface area contributed by atoms with Crippen LogP contribution in [0, 0.1) is 6.92 Å². The number of ether oxygens (including phenoxy) is 3. The Balaban J connectivity index is 2.03. The summed E-state index contributed by atoms with van der Waals surface area (Å²) in [6.45, 7) is 1.87. The SMILES string of the molecule is COC=C(C(=O)OC)c1sc2nc(-c3ccc(OC)cc3)nn2c1C. The standard InChI is InChI=1S/C17H17N3O4S/c1-10-14(13(9-22-2)16(21)24-4)25-17-18-15(19-20(10)17)11-5-7-12(23-3)8-6-11/h5-9H,1-4H3. The van der Waals surface area contributed by atoms with Crippen LogP contribution >= 0.6 is 11.3 Å². The fourth-order valence-electron chi connectivity index (χ4n) is 2.38. The lowest BCUT2D eigenvalue weighted by Gasteiger charge is -2.03. The molecule has 0 bridgehead atoms. The second-order valence-corrected chi connectivity index (χ2v) is 6.11. The molecular weight excluding hydrogens is 342 g/mol. The highest BCUT2D eigenvalue weighted by Gasteiger charge is 2.22. The molecule has 0 aliphatic rings. The summed E-state index contributed by atoms with van der Waals surface area (Å²) in [6, 6.07) is 7.53. The lowest BCUT2D eigenvalue weighted by molar-refractivity contribution is -0.133. The fraction of sp³-hybridized carbons (Fsp3) is 0.235. The van der Waals surface area contributed by atoms with E-state index in [9.17, 15) is 4.79 Å². The van der Waals surface area contributed by atoms with E-state index < -0.39 is 5.97 Å².